The highest BCUT2D eigenvalue weighted by Crippen LogP contribution is 2.35. The lowest BCUT2D eigenvalue weighted by Gasteiger charge is -2.22. The predicted octanol–water partition coefficient (Wildman–Crippen LogP) is 3.91. The Kier molecular flexibility index (Phi) is 8.16. The molecule has 0 atom stereocenters. The van der Waals surface area contributed by atoms with Crippen molar-refractivity contribution in [2.75, 3.05) is 32.7 Å². The van der Waals surface area contributed by atoms with Gasteiger partial charge in [-0.2, -0.15) is 4.31 Å². The third kappa shape index (κ3) is 5.18. The molecular weight excluding hydrogens is 396 g/mol. The van der Waals surface area contributed by atoms with Crippen LogP contribution in [0.4, 0.5) is 0 Å². The predicted molar refractivity (Wildman–Crippen MR) is 93.9 cm³/mol. The Bertz CT molecular complexity index is 525. The quantitative estimate of drug-likeness (QED) is 0.611. The van der Waals surface area contributed by atoms with Gasteiger partial charge in [-0.05, 0) is 48.1 Å². The van der Waals surface area contributed by atoms with E-state index in [9.17, 15) is 8.42 Å². The second-order valence-corrected chi connectivity index (χ2v) is 9.51. The van der Waals surface area contributed by atoms with Crippen molar-refractivity contribution in [3.8, 4) is 0 Å². The van der Waals surface area contributed by atoms with E-state index in [0.29, 0.717) is 26.1 Å². The highest BCUT2D eigenvalue weighted by atomic mass is 79.9. The van der Waals surface area contributed by atoms with Gasteiger partial charge in [0.05, 0.1) is 8.81 Å². The molecule has 0 bridgehead atoms. The van der Waals surface area contributed by atoms with Crippen LogP contribution in [0.2, 0.25) is 5.02 Å². The molecule has 0 spiro atoms. The number of sulfonamides is 1. The van der Waals surface area contributed by atoms with E-state index in [1.165, 1.54) is 10.4 Å². The molecule has 0 N–H and O–H groups in total. The molecule has 0 aromatic carbocycles. The zero-order valence-corrected chi connectivity index (χ0v) is 16.6. The van der Waals surface area contributed by atoms with Crippen molar-refractivity contribution in [2.24, 2.45) is 0 Å². The Labute approximate surface area is 145 Å². The zero-order chi connectivity index (χ0) is 16.0. The number of hydrogen-bond acceptors (Lipinski definition) is 4. The van der Waals surface area contributed by atoms with Gasteiger partial charge in [-0.3, -0.25) is 0 Å². The Balaban J connectivity index is 2.74. The summed E-state index contributed by atoms with van der Waals surface area (Å²) < 4.78 is 27.6. The van der Waals surface area contributed by atoms with Crippen molar-refractivity contribution in [3.63, 3.8) is 0 Å². The second kappa shape index (κ2) is 8.84. The van der Waals surface area contributed by atoms with Gasteiger partial charge in [0.1, 0.15) is 4.21 Å². The van der Waals surface area contributed by atoms with Crippen molar-refractivity contribution >= 4 is 48.9 Å². The SMILES string of the molecule is CCN(CC)CCCN(CC)S(=O)(=O)c1cc(Cl)c(Br)s1. The smallest absolute Gasteiger partial charge is 0.252 e. The molecule has 1 heterocycles. The molecule has 0 aliphatic rings. The summed E-state index contributed by atoms with van der Waals surface area (Å²) in [5, 5.41) is 0.442. The van der Waals surface area contributed by atoms with Crippen molar-refractivity contribution in [2.45, 2.75) is 31.4 Å². The molecule has 0 saturated carbocycles. The van der Waals surface area contributed by atoms with Gasteiger partial charge in [0.15, 0.2) is 0 Å². The van der Waals surface area contributed by atoms with Gasteiger partial charge in [-0.1, -0.05) is 32.4 Å². The Morgan fingerprint density at radius 3 is 2.24 bits per heavy atom. The summed E-state index contributed by atoms with van der Waals surface area (Å²) in [7, 11) is -3.45. The Morgan fingerprint density at radius 2 is 1.81 bits per heavy atom. The standard InChI is InChI=1S/C13H22BrClN2O2S2/c1-4-16(5-2)8-7-9-17(6-3)21(18,19)12-10-11(15)13(14)20-12/h10H,4-9H2,1-3H3. The number of thiophene rings is 1. The third-order valence-corrected chi connectivity index (χ3v) is 8.24. The summed E-state index contributed by atoms with van der Waals surface area (Å²) in [6.07, 6.45) is 0.828. The zero-order valence-electron chi connectivity index (χ0n) is 12.6. The van der Waals surface area contributed by atoms with Crippen LogP contribution in [0.1, 0.15) is 27.2 Å². The van der Waals surface area contributed by atoms with Gasteiger partial charge in [-0.25, -0.2) is 8.42 Å². The average molecular weight is 418 g/mol. The number of hydrogen-bond donors (Lipinski definition) is 0. The second-order valence-electron chi connectivity index (χ2n) is 4.56. The maximum absolute atomic E-state index is 12.6. The Hall–Kier alpha value is 0.340. The Morgan fingerprint density at radius 1 is 1.19 bits per heavy atom. The summed E-state index contributed by atoms with van der Waals surface area (Å²) in [5.41, 5.74) is 0. The molecule has 0 unspecified atom stereocenters. The monoisotopic (exact) mass is 416 g/mol. The van der Waals surface area contributed by atoms with Crippen LogP contribution in [-0.4, -0.2) is 50.3 Å². The van der Waals surface area contributed by atoms with Crippen LogP contribution in [0.25, 0.3) is 0 Å². The van der Waals surface area contributed by atoms with Crippen LogP contribution in [0.15, 0.2) is 14.1 Å². The fourth-order valence-corrected chi connectivity index (χ4v) is 6.08. The molecule has 0 aliphatic carbocycles. The van der Waals surface area contributed by atoms with Crippen molar-refractivity contribution in [1.82, 2.24) is 9.21 Å². The van der Waals surface area contributed by atoms with E-state index in [1.54, 1.807) is 0 Å². The van der Waals surface area contributed by atoms with E-state index in [1.807, 2.05) is 6.92 Å². The molecule has 0 amide bonds. The van der Waals surface area contributed by atoms with Gasteiger partial charge in [0.25, 0.3) is 10.0 Å². The highest BCUT2D eigenvalue weighted by Gasteiger charge is 2.25. The van der Waals surface area contributed by atoms with Gasteiger partial charge in [0.2, 0.25) is 0 Å². The summed E-state index contributed by atoms with van der Waals surface area (Å²) in [5.74, 6) is 0. The van der Waals surface area contributed by atoms with Gasteiger partial charge >= 0.3 is 0 Å². The lowest BCUT2D eigenvalue weighted by atomic mass is 10.3. The molecule has 1 aromatic rings. The molecule has 1 rings (SSSR count). The van der Waals surface area contributed by atoms with E-state index >= 15 is 0 Å². The molecule has 21 heavy (non-hydrogen) atoms. The minimum absolute atomic E-state index is 0.295. The topological polar surface area (TPSA) is 40.6 Å². The van der Waals surface area contributed by atoms with E-state index < -0.39 is 10.0 Å². The van der Waals surface area contributed by atoms with Crippen LogP contribution < -0.4 is 0 Å². The first-order valence-electron chi connectivity index (χ1n) is 7.04. The van der Waals surface area contributed by atoms with E-state index in [4.69, 9.17) is 11.6 Å². The fraction of sp³-hybridized carbons (Fsp3) is 0.692. The summed E-state index contributed by atoms with van der Waals surface area (Å²) >= 11 is 10.4. The first-order valence-corrected chi connectivity index (χ1v) is 10.5. The van der Waals surface area contributed by atoms with Gasteiger partial charge < -0.3 is 4.90 Å². The summed E-state index contributed by atoms with van der Waals surface area (Å²) in [4.78, 5) is 2.29. The fourth-order valence-electron chi connectivity index (χ4n) is 2.04. The normalized spacial score (nSPS) is 12.5. The third-order valence-electron chi connectivity index (χ3n) is 3.35. The molecular formula is C13H22BrClN2O2S2. The van der Waals surface area contributed by atoms with Crippen molar-refractivity contribution < 1.29 is 8.42 Å². The van der Waals surface area contributed by atoms with Crippen LogP contribution in [0, 0.1) is 0 Å². The van der Waals surface area contributed by atoms with E-state index in [0.717, 1.165) is 37.4 Å². The highest BCUT2D eigenvalue weighted by molar-refractivity contribution is 9.11. The van der Waals surface area contributed by atoms with Crippen molar-refractivity contribution in [1.29, 1.82) is 0 Å². The number of nitrogens with zero attached hydrogens (tertiary/aromatic N) is 2. The van der Waals surface area contributed by atoms with Gasteiger partial charge in [-0.15, -0.1) is 11.3 Å². The summed E-state index contributed by atoms with van der Waals surface area (Å²) in [6, 6.07) is 1.51. The van der Waals surface area contributed by atoms with Gasteiger partial charge in [0, 0.05) is 13.1 Å². The minimum Gasteiger partial charge on any atom is -0.304 e. The molecule has 4 nitrogen and oxygen atoms in total. The van der Waals surface area contributed by atoms with Crippen LogP contribution in [-0.2, 0) is 10.0 Å². The molecule has 0 radical (unpaired) electrons. The first kappa shape index (κ1) is 19.4. The maximum Gasteiger partial charge on any atom is 0.252 e. The average Bonchev–Trinajstić information content (AvgIpc) is 2.79. The molecule has 0 fully saturated rings. The maximum atomic E-state index is 12.6. The lowest BCUT2D eigenvalue weighted by Crippen LogP contribution is -2.34. The molecule has 0 saturated heterocycles. The van der Waals surface area contributed by atoms with E-state index in [2.05, 4.69) is 34.7 Å². The van der Waals surface area contributed by atoms with Crippen LogP contribution in [0.5, 0.6) is 0 Å². The van der Waals surface area contributed by atoms with Crippen molar-refractivity contribution in [3.05, 3.63) is 14.9 Å². The van der Waals surface area contributed by atoms with Crippen LogP contribution >= 0.6 is 38.9 Å². The first-order chi connectivity index (χ1) is 9.86. The van der Waals surface area contributed by atoms with E-state index in [-0.39, 0.29) is 0 Å². The summed E-state index contributed by atoms with van der Waals surface area (Å²) in [6.45, 7) is 9.97. The largest absolute Gasteiger partial charge is 0.304 e. The molecule has 8 heteroatoms. The molecule has 122 valence electrons. The molecule has 1 aromatic heterocycles. The lowest BCUT2D eigenvalue weighted by molar-refractivity contribution is 0.285. The minimum atomic E-state index is -3.45. The number of rotatable bonds is 9. The molecule has 0 aliphatic heterocycles. The number of halogens is 2. The van der Waals surface area contributed by atoms with Crippen LogP contribution in [0.3, 0.4) is 0 Å².